The summed E-state index contributed by atoms with van der Waals surface area (Å²) < 4.78 is 27.5. The van der Waals surface area contributed by atoms with Gasteiger partial charge in [-0.05, 0) is 66.7 Å². The average Bonchev–Trinajstić information content (AvgIpc) is 3.17. The zero-order valence-electron chi connectivity index (χ0n) is 18.1. The molecular weight excluding hydrogens is 472 g/mol. The number of sulfonamides is 1. The van der Waals surface area contributed by atoms with Gasteiger partial charge < -0.3 is 15.5 Å². The van der Waals surface area contributed by atoms with Crippen LogP contribution in [0.1, 0.15) is 26.3 Å². The van der Waals surface area contributed by atoms with Crippen LogP contribution in [0.5, 0.6) is 0 Å². The molecule has 8 nitrogen and oxygen atoms in total. The van der Waals surface area contributed by atoms with Gasteiger partial charge in [0.15, 0.2) is 5.17 Å². The maximum atomic E-state index is 13.0. The molecule has 0 atom stereocenters. The van der Waals surface area contributed by atoms with Crippen LogP contribution in [0, 0.1) is 6.92 Å². The maximum absolute atomic E-state index is 13.0. The van der Waals surface area contributed by atoms with E-state index in [0.717, 1.165) is 16.1 Å². The Bertz CT molecular complexity index is 1450. The van der Waals surface area contributed by atoms with Crippen LogP contribution in [-0.2, 0) is 10.0 Å². The maximum Gasteiger partial charge on any atom is 0.257 e. The van der Waals surface area contributed by atoms with Gasteiger partial charge in [0.25, 0.3) is 21.8 Å². The van der Waals surface area contributed by atoms with Gasteiger partial charge in [0.1, 0.15) is 0 Å². The standard InChI is InChI=1S/C24H20N4O4S2/c1-15-7-9-18(25-22(29)16-5-3-2-4-6-16)14-19(15)26-23(30)17-8-10-20-21(13-17)33-24-27-34(31,32)12-11-28(20)24/h2-10,13-14H,11-12H2,1H3,(H,25,29)(H,26,30). The molecule has 0 fully saturated rings. The summed E-state index contributed by atoms with van der Waals surface area (Å²) in [4.78, 5) is 28.1. The Kier molecular flexibility index (Phi) is 5.62. The minimum absolute atomic E-state index is 0.0326. The molecule has 0 aliphatic carbocycles. The number of fused-ring (bicyclic) bond motifs is 3. The second kappa shape index (κ2) is 8.62. The van der Waals surface area contributed by atoms with Crippen molar-refractivity contribution in [2.75, 3.05) is 27.8 Å². The fraction of sp³-hybridized carbons (Fsp3) is 0.125. The van der Waals surface area contributed by atoms with E-state index in [9.17, 15) is 18.0 Å². The Morgan fingerprint density at radius 1 is 0.941 bits per heavy atom. The summed E-state index contributed by atoms with van der Waals surface area (Å²) in [5, 5.41) is 6.17. The van der Waals surface area contributed by atoms with E-state index >= 15 is 0 Å². The highest BCUT2D eigenvalue weighted by atomic mass is 32.2. The van der Waals surface area contributed by atoms with Gasteiger partial charge >= 0.3 is 0 Å². The van der Waals surface area contributed by atoms with Crippen molar-refractivity contribution in [3.8, 4) is 0 Å². The van der Waals surface area contributed by atoms with Crippen LogP contribution in [0.4, 0.5) is 17.1 Å². The molecule has 0 saturated heterocycles. The molecule has 0 spiro atoms. The summed E-state index contributed by atoms with van der Waals surface area (Å²) in [6.45, 7) is 2.21. The van der Waals surface area contributed by atoms with E-state index in [-0.39, 0.29) is 17.6 Å². The second-order valence-electron chi connectivity index (χ2n) is 7.90. The monoisotopic (exact) mass is 492 g/mol. The lowest BCUT2D eigenvalue weighted by Crippen LogP contribution is -2.35. The molecule has 0 unspecified atom stereocenters. The topological polar surface area (TPSA) is 108 Å². The number of carbonyl (C=O) groups is 2. The molecule has 0 radical (unpaired) electrons. The Morgan fingerprint density at radius 3 is 2.50 bits per heavy atom. The van der Waals surface area contributed by atoms with E-state index in [1.54, 1.807) is 54.6 Å². The van der Waals surface area contributed by atoms with Crippen LogP contribution in [-0.4, -0.2) is 37.7 Å². The first kappa shape index (κ1) is 22.2. The largest absolute Gasteiger partial charge is 0.322 e. The first-order valence-corrected chi connectivity index (χ1v) is 12.9. The predicted molar refractivity (Wildman–Crippen MR) is 134 cm³/mol. The van der Waals surface area contributed by atoms with Crippen molar-refractivity contribution in [1.29, 1.82) is 0 Å². The normalized spacial score (nSPS) is 15.7. The summed E-state index contributed by atoms with van der Waals surface area (Å²) in [6.07, 6.45) is 0. The predicted octanol–water partition coefficient (Wildman–Crippen LogP) is 4.11. The van der Waals surface area contributed by atoms with Crippen molar-refractivity contribution >= 4 is 55.8 Å². The number of amides is 2. The number of nitrogens with zero attached hydrogens (tertiary/aromatic N) is 2. The molecule has 2 heterocycles. The highest BCUT2D eigenvalue weighted by Gasteiger charge is 2.33. The van der Waals surface area contributed by atoms with Gasteiger partial charge in [-0.25, -0.2) is 8.42 Å². The van der Waals surface area contributed by atoms with E-state index < -0.39 is 10.0 Å². The molecule has 0 aromatic heterocycles. The highest BCUT2D eigenvalue weighted by Crippen LogP contribution is 2.42. The summed E-state index contributed by atoms with van der Waals surface area (Å²) in [6, 6.07) is 19.5. The van der Waals surface area contributed by atoms with E-state index in [1.165, 1.54) is 11.8 Å². The first-order chi connectivity index (χ1) is 16.3. The van der Waals surface area contributed by atoms with Crippen molar-refractivity contribution < 1.29 is 18.0 Å². The molecule has 2 aliphatic heterocycles. The zero-order valence-corrected chi connectivity index (χ0v) is 19.7. The average molecular weight is 493 g/mol. The molecular formula is C24H20N4O4S2. The Labute approximate surface area is 201 Å². The molecule has 2 N–H and O–H groups in total. The number of aryl methyl sites for hydroxylation is 1. The van der Waals surface area contributed by atoms with Crippen LogP contribution >= 0.6 is 11.8 Å². The lowest BCUT2D eigenvalue weighted by atomic mass is 10.1. The third-order valence-corrected chi connectivity index (χ3v) is 7.82. The van der Waals surface area contributed by atoms with Gasteiger partial charge in [-0.1, -0.05) is 24.3 Å². The number of hydrogen-bond acceptors (Lipinski definition) is 6. The van der Waals surface area contributed by atoms with Crippen molar-refractivity contribution in [1.82, 2.24) is 0 Å². The van der Waals surface area contributed by atoms with Crippen molar-refractivity contribution in [3.05, 3.63) is 83.4 Å². The summed E-state index contributed by atoms with van der Waals surface area (Å²) in [5.74, 6) is -0.578. The van der Waals surface area contributed by atoms with E-state index in [4.69, 9.17) is 0 Å². The molecule has 34 heavy (non-hydrogen) atoms. The van der Waals surface area contributed by atoms with E-state index in [2.05, 4.69) is 15.0 Å². The third kappa shape index (κ3) is 4.42. The number of rotatable bonds is 4. The Balaban J connectivity index is 1.34. The molecule has 10 heteroatoms. The molecule has 0 saturated carbocycles. The smallest absolute Gasteiger partial charge is 0.257 e. The van der Waals surface area contributed by atoms with Crippen molar-refractivity contribution in [2.45, 2.75) is 11.8 Å². The summed E-state index contributed by atoms with van der Waals surface area (Å²) in [5.41, 5.74) is 3.81. The van der Waals surface area contributed by atoms with Gasteiger partial charge in [0.05, 0.1) is 11.4 Å². The number of hydrogen-bond donors (Lipinski definition) is 2. The number of thioether (sulfide) groups is 1. The molecule has 172 valence electrons. The summed E-state index contributed by atoms with van der Waals surface area (Å²) in [7, 11) is -3.44. The Morgan fingerprint density at radius 2 is 1.71 bits per heavy atom. The number of amidine groups is 1. The van der Waals surface area contributed by atoms with Gasteiger partial charge in [0.2, 0.25) is 0 Å². The molecule has 5 rings (SSSR count). The molecule has 3 aromatic rings. The van der Waals surface area contributed by atoms with Gasteiger partial charge in [-0.2, -0.15) is 0 Å². The second-order valence-corrected chi connectivity index (χ2v) is 10.7. The minimum Gasteiger partial charge on any atom is -0.322 e. The van der Waals surface area contributed by atoms with Crippen molar-refractivity contribution in [3.63, 3.8) is 0 Å². The number of benzene rings is 3. The van der Waals surface area contributed by atoms with Crippen LogP contribution in [0.3, 0.4) is 0 Å². The minimum atomic E-state index is -3.44. The fourth-order valence-corrected chi connectivity index (χ4v) is 5.99. The third-order valence-electron chi connectivity index (χ3n) is 5.51. The SMILES string of the molecule is Cc1ccc(NC(=O)c2ccccc2)cc1NC(=O)c1ccc2c(c1)SC1=NS(=O)(=O)CCN12. The van der Waals surface area contributed by atoms with E-state index in [1.807, 2.05) is 24.0 Å². The van der Waals surface area contributed by atoms with Gasteiger partial charge in [-0.15, -0.1) is 4.40 Å². The molecule has 2 aliphatic rings. The van der Waals surface area contributed by atoms with Gasteiger partial charge in [-0.3, -0.25) is 9.59 Å². The first-order valence-electron chi connectivity index (χ1n) is 10.5. The fourth-order valence-electron chi connectivity index (χ4n) is 3.69. The van der Waals surface area contributed by atoms with Crippen LogP contribution in [0.15, 0.2) is 76.0 Å². The lowest BCUT2D eigenvalue weighted by molar-refractivity contribution is 0.101. The summed E-state index contributed by atoms with van der Waals surface area (Å²) >= 11 is 1.24. The van der Waals surface area contributed by atoms with Crippen LogP contribution < -0.4 is 15.5 Å². The van der Waals surface area contributed by atoms with Crippen LogP contribution in [0.25, 0.3) is 0 Å². The number of carbonyl (C=O) groups excluding carboxylic acids is 2. The highest BCUT2D eigenvalue weighted by molar-refractivity contribution is 8.15. The Hall–Kier alpha value is -3.63. The van der Waals surface area contributed by atoms with E-state index in [0.29, 0.717) is 34.2 Å². The zero-order chi connectivity index (χ0) is 23.9. The molecule has 2 amide bonds. The quantitative estimate of drug-likeness (QED) is 0.568. The molecule has 0 bridgehead atoms. The lowest BCUT2D eigenvalue weighted by Gasteiger charge is -2.22. The molecule has 3 aromatic carbocycles. The van der Waals surface area contributed by atoms with Gasteiger partial charge in [0, 0.05) is 33.9 Å². The number of anilines is 3. The van der Waals surface area contributed by atoms with Crippen LogP contribution in [0.2, 0.25) is 0 Å². The van der Waals surface area contributed by atoms with Crippen molar-refractivity contribution in [2.24, 2.45) is 4.40 Å². The number of nitrogens with one attached hydrogen (secondary N) is 2.